The topological polar surface area (TPSA) is 54.3 Å². The summed E-state index contributed by atoms with van der Waals surface area (Å²) in [5.41, 5.74) is 0.462. The summed E-state index contributed by atoms with van der Waals surface area (Å²) in [4.78, 5) is 27.1. The predicted molar refractivity (Wildman–Crippen MR) is 98.5 cm³/mol. The Kier molecular flexibility index (Phi) is 6.55. The van der Waals surface area contributed by atoms with Crippen molar-refractivity contribution in [3.8, 4) is 0 Å². The summed E-state index contributed by atoms with van der Waals surface area (Å²) in [6.07, 6.45) is 3.84. The van der Waals surface area contributed by atoms with Gasteiger partial charge in [-0.1, -0.05) is 32.0 Å². The zero-order valence-electron chi connectivity index (χ0n) is 14.8. The summed E-state index contributed by atoms with van der Waals surface area (Å²) >= 11 is 0. The molecule has 2 rings (SSSR count). The number of aromatic nitrogens is 1. The van der Waals surface area contributed by atoms with Crippen LogP contribution in [0.25, 0.3) is 10.8 Å². The number of hydrogen-bond donors (Lipinski definition) is 1. The van der Waals surface area contributed by atoms with Gasteiger partial charge in [0.15, 0.2) is 0 Å². The van der Waals surface area contributed by atoms with Crippen LogP contribution in [0.1, 0.15) is 37.0 Å². The van der Waals surface area contributed by atoms with E-state index in [1.165, 1.54) is 4.57 Å². The van der Waals surface area contributed by atoms with Gasteiger partial charge >= 0.3 is 0 Å². The van der Waals surface area contributed by atoms with E-state index in [2.05, 4.69) is 24.1 Å². The molecule has 1 aromatic carbocycles. The van der Waals surface area contributed by atoms with Gasteiger partial charge in [0.25, 0.3) is 11.5 Å². The van der Waals surface area contributed by atoms with E-state index < -0.39 is 0 Å². The SMILES string of the molecule is CCCN(CCC)CCNC(=O)c1cn(C)c(=O)c2ccccc12. The molecule has 1 N–H and O–H groups in total. The van der Waals surface area contributed by atoms with Gasteiger partial charge < -0.3 is 14.8 Å². The standard InChI is InChI=1S/C19H27N3O2/c1-4-11-22(12-5-2)13-10-20-18(23)17-14-21(3)19(24)16-9-7-6-8-15(16)17/h6-9,14H,4-5,10-13H2,1-3H3,(H,20,23). The van der Waals surface area contributed by atoms with Gasteiger partial charge in [0.2, 0.25) is 0 Å². The zero-order valence-corrected chi connectivity index (χ0v) is 14.8. The van der Waals surface area contributed by atoms with Gasteiger partial charge in [0.1, 0.15) is 0 Å². The molecule has 1 aromatic heterocycles. The monoisotopic (exact) mass is 329 g/mol. The Labute approximate surface area is 143 Å². The van der Waals surface area contributed by atoms with E-state index >= 15 is 0 Å². The van der Waals surface area contributed by atoms with Gasteiger partial charge in [-0.15, -0.1) is 0 Å². The quantitative estimate of drug-likeness (QED) is 0.809. The minimum atomic E-state index is -0.130. The first kappa shape index (κ1) is 18.2. The second-order valence-electron chi connectivity index (χ2n) is 6.10. The molecule has 0 radical (unpaired) electrons. The molecular weight excluding hydrogens is 302 g/mol. The van der Waals surface area contributed by atoms with Crippen LogP contribution in [0.3, 0.4) is 0 Å². The average Bonchev–Trinajstić information content (AvgIpc) is 2.58. The highest BCUT2D eigenvalue weighted by atomic mass is 16.2. The maximum Gasteiger partial charge on any atom is 0.258 e. The van der Waals surface area contributed by atoms with E-state index in [0.29, 0.717) is 22.9 Å². The molecule has 2 aromatic rings. The first-order valence-corrected chi connectivity index (χ1v) is 8.67. The van der Waals surface area contributed by atoms with E-state index in [9.17, 15) is 9.59 Å². The lowest BCUT2D eigenvalue weighted by Gasteiger charge is -2.21. The lowest BCUT2D eigenvalue weighted by Crippen LogP contribution is -2.36. The Bertz CT molecular complexity index is 746. The number of nitrogens with zero attached hydrogens (tertiary/aromatic N) is 2. The van der Waals surface area contributed by atoms with Crippen LogP contribution in [0.15, 0.2) is 35.3 Å². The Morgan fingerprint density at radius 2 is 1.71 bits per heavy atom. The molecule has 5 heteroatoms. The van der Waals surface area contributed by atoms with E-state index in [4.69, 9.17) is 0 Å². The Balaban J connectivity index is 2.12. The van der Waals surface area contributed by atoms with E-state index in [-0.39, 0.29) is 11.5 Å². The fourth-order valence-electron chi connectivity index (χ4n) is 2.99. The minimum absolute atomic E-state index is 0.0841. The number of hydrogen-bond acceptors (Lipinski definition) is 3. The van der Waals surface area contributed by atoms with Crippen molar-refractivity contribution in [1.82, 2.24) is 14.8 Å². The molecule has 0 atom stereocenters. The molecule has 1 amide bonds. The van der Waals surface area contributed by atoms with Crippen LogP contribution in [0, 0.1) is 0 Å². The van der Waals surface area contributed by atoms with Crippen LogP contribution in [0.2, 0.25) is 0 Å². The van der Waals surface area contributed by atoms with E-state index in [1.54, 1.807) is 19.3 Å². The largest absolute Gasteiger partial charge is 0.351 e. The number of pyridine rings is 1. The normalized spacial score (nSPS) is 11.2. The Hall–Kier alpha value is -2.14. The van der Waals surface area contributed by atoms with Crippen LogP contribution in [0.4, 0.5) is 0 Å². The lowest BCUT2D eigenvalue weighted by atomic mass is 10.1. The molecule has 0 saturated carbocycles. The lowest BCUT2D eigenvalue weighted by molar-refractivity contribution is 0.0949. The van der Waals surface area contributed by atoms with Crippen molar-refractivity contribution < 1.29 is 4.79 Å². The van der Waals surface area contributed by atoms with Gasteiger partial charge in [-0.3, -0.25) is 9.59 Å². The van der Waals surface area contributed by atoms with Crippen LogP contribution >= 0.6 is 0 Å². The summed E-state index contributed by atoms with van der Waals surface area (Å²) in [5.74, 6) is -0.130. The molecule has 0 fully saturated rings. The average molecular weight is 329 g/mol. The third-order valence-electron chi connectivity index (χ3n) is 4.13. The number of fused-ring (bicyclic) bond motifs is 1. The molecule has 0 aliphatic carbocycles. The van der Waals surface area contributed by atoms with Crippen LogP contribution in [-0.2, 0) is 7.05 Å². The number of carbonyl (C=O) groups is 1. The molecule has 5 nitrogen and oxygen atoms in total. The van der Waals surface area contributed by atoms with Crippen LogP contribution in [-0.4, -0.2) is 41.6 Å². The summed E-state index contributed by atoms with van der Waals surface area (Å²) in [6.45, 7) is 7.88. The number of nitrogens with one attached hydrogen (secondary N) is 1. The molecule has 0 bridgehead atoms. The van der Waals surface area contributed by atoms with Crippen LogP contribution < -0.4 is 10.9 Å². The number of aryl methyl sites for hydroxylation is 1. The van der Waals surface area contributed by atoms with Crippen molar-refractivity contribution in [2.24, 2.45) is 7.05 Å². The van der Waals surface area contributed by atoms with E-state index in [0.717, 1.165) is 32.5 Å². The first-order valence-electron chi connectivity index (χ1n) is 8.67. The second-order valence-corrected chi connectivity index (χ2v) is 6.10. The van der Waals surface area contributed by atoms with Crippen molar-refractivity contribution in [2.45, 2.75) is 26.7 Å². The molecule has 0 aliphatic heterocycles. The maximum atomic E-state index is 12.6. The highest BCUT2D eigenvalue weighted by Crippen LogP contribution is 2.14. The molecule has 0 aliphatic rings. The van der Waals surface area contributed by atoms with Gasteiger partial charge in [-0.2, -0.15) is 0 Å². The van der Waals surface area contributed by atoms with Gasteiger partial charge in [-0.05, 0) is 32.0 Å². The fourth-order valence-corrected chi connectivity index (χ4v) is 2.99. The molecule has 0 unspecified atom stereocenters. The minimum Gasteiger partial charge on any atom is -0.351 e. The van der Waals surface area contributed by atoms with Crippen molar-refractivity contribution in [3.63, 3.8) is 0 Å². The van der Waals surface area contributed by atoms with Crippen molar-refractivity contribution in [3.05, 3.63) is 46.4 Å². The maximum absolute atomic E-state index is 12.6. The van der Waals surface area contributed by atoms with Gasteiger partial charge in [-0.25, -0.2) is 0 Å². The third kappa shape index (κ3) is 4.23. The predicted octanol–water partition coefficient (Wildman–Crippen LogP) is 2.39. The first-order chi connectivity index (χ1) is 11.6. The molecule has 0 saturated heterocycles. The summed E-state index contributed by atoms with van der Waals surface area (Å²) < 4.78 is 1.47. The summed E-state index contributed by atoms with van der Waals surface area (Å²) in [6, 6.07) is 7.26. The van der Waals surface area contributed by atoms with E-state index in [1.807, 2.05) is 18.2 Å². The van der Waals surface area contributed by atoms with Crippen molar-refractivity contribution >= 4 is 16.7 Å². The molecule has 130 valence electrons. The molecular formula is C19H27N3O2. The summed E-state index contributed by atoms with van der Waals surface area (Å²) in [7, 11) is 1.68. The molecule has 1 heterocycles. The Morgan fingerprint density at radius 3 is 2.33 bits per heavy atom. The summed E-state index contributed by atoms with van der Waals surface area (Å²) in [5, 5.41) is 4.27. The Morgan fingerprint density at radius 1 is 1.08 bits per heavy atom. The van der Waals surface area contributed by atoms with Crippen LogP contribution in [0.5, 0.6) is 0 Å². The number of rotatable bonds is 8. The number of carbonyl (C=O) groups excluding carboxylic acids is 1. The third-order valence-corrected chi connectivity index (χ3v) is 4.13. The van der Waals surface area contributed by atoms with Crippen molar-refractivity contribution in [1.29, 1.82) is 0 Å². The highest BCUT2D eigenvalue weighted by Gasteiger charge is 2.13. The van der Waals surface area contributed by atoms with Crippen molar-refractivity contribution in [2.75, 3.05) is 26.2 Å². The second kappa shape index (κ2) is 8.64. The molecule has 24 heavy (non-hydrogen) atoms. The zero-order chi connectivity index (χ0) is 17.5. The smallest absolute Gasteiger partial charge is 0.258 e. The fraction of sp³-hybridized carbons (Fsp3) is 0.474. The van der Waals surface area contributed by atoms with Gasteiger partial charge in [0, 0.05) is 37.1 Å². The number of benzene rings is 1. The van der Waals surface area contributed by atoms with Gasteiger partial charge in [0.05, 0.1) is 5.56 Å². The highest BCUT2D eigenvalue weighted by molar-refractivity contribution is 6.06. The molecule has 0 spiro atoms. The number of amides is 1.